The van der Waals surface area contributed by atoms with Crippen molar-refractivity contribution in [2.24, 2.45) is 0 Å². The summed E-state index contributed by atoms with van der Waals surface area (Å²) in [5.74, 6) is 0.510. The maximum Gasteiger partial charge on any atom is 0.338 e. The maximum absolute atomic E-state index is 12.4. The number of fused-ring (bicyclic) bond motifs is 2. The number of Topliss-reactive ketones (excluding diaryl/α,β-unsaturated/α-hetero) is 1. The lowest BCUT2D eigenvalue weighted by atomic mass is 9.96. The first-order valence-corrected chi connectivity index (χ1v) is 14.2. The van der Waals surface area contributed by atoms with E-state index in [0.29, 0.717) is 23.3 Å². The fraction of sp³-hybridized carbons (Fsp3) is 0.194. The molecule has 230 valence electrons. The number of ketones is 1. The van der Waals surface area contributed by atoms with Gasteiger partial charge in [0.25, 0.3) is 0 Å². The number of carbonyl (C=O) groups excluding carboxylic acids is 2. The molecule has 1 unspecified atom stereocenters. The molecule has 45 heavy (non-hydrogen) atoms. The average Bonchev–Trinajstić information content (AvgIpc) is 3.45. The van der Waals surface area contributed by atoms with Crippen molar-refractivity contribution in [2.45, 2.75) is 38.4 Å². The molecule has 0 aliphatic carbocycles. The third-order valence-corrected chi connectivity index (χ3v) is 7.42. The fourth-order valence-corrected chi connectivity index (χ4v) is 4.91. The molecule has 2 heterocycles. The van der Waals surface area contributed by atoms with E-state index in [-0.39, 0.29) is 41.3 Å². The summed E-state index contributed by atoms with van der Waals surface area (Å²) < 4.78 is 22.0. The Morgan fingerprint density at radius 3 is 2.33 bits per heavy atom. The second kappa shape index (κ2) is 13.0. The van der Waals surface area contributed by atoms with Gasteiger partial charge in [0, 0.05) is 36.4 Å². The van der Waals surface area contributed by atoms with E-state index < -0.39 is 11.2 Å². The quantitative estimate of drug-likeness (QED) is 0.125. The number of esters is 1. The molecule has 0 saturated heterocycles. The van der Waals surface area contributed by atoms with E-state index >= 15 is 0 Å². The first-order chi connectivity index (χ1) is 21.5. The van der Waals surface area contributed by atoms with Crippen molar-refractivity contribution >= 4 is 22.7 Å². The van der Waals surface area contributed by atoms with Gasteiger partial charge in [-0.25, -0.2) is 9.59 Å². The van der Waals surface area contributed by atoms with Crippen LogP contribution in [-0.4, -0.2) is 40.8 Å². The number of methoxy groups -OCH3 is 1. The molecule has 9 nitrogen and oxygen atoms in total. The highest BCUT2D eigenvalue weighted by atomic mass is 16.6. The van der Waals surface area contributed by atoms with Gasteiger partial charge in [0.05, 0.1) is 18.2 Å². The van der Waals surface area contributed by atoms with Crippen LogP contribution in [0.25, 0.3) is 11.0 Å². The molecule has 0 fully saturated rings. The Morgan fingerprint density at radius 2 is 1.64 bits per heavy atom. The topological polar surface area (TPSA) is 133 Å². The third-order valence-electron chi connectivity index (χ3n) is 7.42. The minimum atomic E-state index is -0.820. The van der Waals surface area contributed by atoms with Gasteiger partial charge < -0.3 is 28.8 Å². The zero-order valence-electron chi connectivity index (χ0n) is 25.0. The normalized spacial score (nSPS) is 13.6. The molecule has 0 radical (unpaired) electrons. The van der Waals surface area contributed by atoms with E-state index in [4.69, 9.17) is 18.6 Å². The Morgan fingerprint density at radius 1 is 0.911 bits per heavy atom. The maximum atomic E-state index is 12.4. The van der Waals surface area contributed by atoms with E-state index in [0.717, 1.165) is 28.3 Å². The van der Waals surface area contributed by atoms with Gasteiger partial charge in [0.1, 0.15) is 40.3 Å². The lowest BCUT2D eigenvalue weighted by molar-refractivity contribution is -0.0517. The number of aromatic hydroxyl groups is 2. The SMILES string of the molecule is CC(C)(OC(=O)c1ccccc1)C1Cc2cc3ccc(=O)oc3cc2O1.COc1ccc(CC(=O)c2ccc(O)cc2O)cc1. The number of benzene rings is 4. The van der Waals surface area contributed by atoms with Gasteiger partial charge in [-0.2, -0.15) is 0 Å². The van der Waals surface area contributed by atoms with Crippen LogP contribution in [0.3, 0.4) is 0 Å². The highest BCUT2D eigenvalue weighted by Crippen LogP contribution is 2.37. The van der Waals surface area contributed by atoms with E-state index in [1.54, 1.807) is 67.8 Å². The van der Waals surface area contributed by atoms with E-state index in [1.807, 2.05) is 26.0 Å². The van der Waals surface area contributed by atoms with Crippen LogP contribution in [0.2, 0.25) is 0 Å². The van der Waals surface area contributed by atoms with Crippen molar-refractivity contribution in [1.29, 1.82) is 0 Å². The molecule has 4 aromatic carbocycles. The van der Waals surface area contributed by atoms with Crippen molar-refractivity contribution < 1.29 is 38.4 Å². The number of phenolic OH excluding ortho intramolecular Hbond substituents is 2. The molecule has 1 atom stereocenters. The second-order valence-corrected chi connectivity index (χ2v) is 11.1. The summed E-state index contributed by atoms with van der Waals surface area (Å²) >= 11 is 0. The predicted molar refractivity (Wildman–Crippen MR) is 167 cm³/mol. The van der Waals surface area contributed by atoms with E-state index in [2.05, 4.69) is 0 Å². The molecule has 9 heteroatoms. The van der Waals surface area contributed by atoms with Crippen LogP contribution in [0.15, 0.2) is 106 Å². The third kappa shape index (κ3) is 7.33. The second-order valence-electron chi connectivity index (χ2n) is 11.1. The lowest BCUT2D eigenvalue weighted by Crippen LogP contribution is -2.43. The number of rotatable bonds is 7. The Hall–Kier alpha value is -5.57. The Kier molecular flexibility index (Phi) is 8.90. The molecule has 1 aliphatic heterocycles. The minimum Gasteiger partial charge on any atom is -0.508 e. The molecule has 2 N–H and O–H groups in total. The summed E-state index contributed by atoms with van der Waals surface area (Å²) in [4.78, 5) is 35.8. The first kappa shape index (κ1) is 30.9. The van der Waals surface area contributed by atoms with Gasteiger partial charge in [0.2, 0.25) is 0 Å². The van der Waals surface area contributed by atoms with Crippen LogP contribution >= 0.6 is 0 Å². The number of phenols is 2. The van der Waals surface area contributed by atoms with Crippen molar-refractivity contribution in [1.82, 2.24) is 0 Å². The Labute approximate surface area is 259 Å². The predicted octanol–water partition coefficient (Wildman–Crippen LogP) is 6.26. The molecule has 0 bridgehead atoms. The van der Waals surface area contributed by atoms with Crippen molar-refractivity contribution in [3.8, 4) is 23.0 Å². The molecular formula is C36H32O9. The molecule has 5 aromatic rings. The summed E-state index contributed by atoms with van der Waals surface area (Å²) in [5, 5.41) is 19.6. The van der Waals surface area contributed by atoms with Crippen LogP contribution in [0.1, 0.15) is 45.7 Å². The zero-order chi connectivity index (χ0) is 32.1. The lowest BCUT2D eigenvalue weighted by Gasteiger charge is -2.30. The van der Waals surface area contributed by atoms with Gasteiger partial charge in [-0.15, -0.1) is 0 Å². The smallest absolute Gasteiger partial charge is 0.338 e. The van der Waals surface area contributed by atoms with Crippen molar-refractivity contribution in [2.75, 3.05) is 7.11 Å². The number of ether oxygens (including phenoxy) is 3. The van der Waals surface area contributed by atoms with Crippen LogP contribution < -0.4 is 15.1 Å². The first-order valence-electron chi connectivity index (χ1n) is 14.2. The largest absolute Gasteiger partial charge is 0.508 e. The standard InChI is InChI=1S/C21H18O5.C15H14O4/c1-21(2,26-20(23)13-6-4-3-5-7-13)18-11-15-10-14-8-9-19(22)25-16(14)12-17(15)24-18;1-19-12-5-2-10(3-6-12)8-14(17)13-7-4-11(16)9-15(13)18/h3-10,12,18H,11H2,1-2H3;2-7,9,16,18H,8H2,1H3. The molecular weight excluding hydrogens is 576 g/mol. The van der Waals surface area contributed by atoms with Crippen molar-refractivity contribution in [3.63, 3.8) is 0 Å². The molecule has 0 saturated carbocycles. The minimum absolute atomic E-state index is 0.0708. The summed E-state index contributed by atoms with van der Waals surface area (Å²) in [7, 11) is 1.58. The number of carbonyl (C=O) groups is 2. The van der Waals surface area contributed by atoms with Gasteiger partial charge >= 0.3 is 11.6 Å². The molecule has 0 amide bonds. The van der Waals surface area contributed by atoms with Gasteiger partial charge in [-0.05, 0) is 73.5 Å². The molecule has 1 aromatic heterocycles. The van der Waals surface area contributed by atoms with Crippen LogP contribution in [0.4, 0.5) is 0 Å². The summed E-state index contributed by atoms with van der Waals surface area (Å²) in [6.07, 6.45) is 0.468. The summed E-state index contributed by atoms with van der Waals surface area (Å²) in [6, 6.07) is 26.8. The van der Waals surface area contributed by atoms with Gasteiger partial charge in [-0.3, -0.25) is 4.79 Å². The van der Waals surface area contributed by atoms with Crippen LogP contribution in [0.5, 0.6) is 23.0 Å². The van der Waals surface area contributed by atoms with Gasteiger partial charge in [0.15, 0.2) is 5.78 Å². The Bertz CT molecular complexity index is 1890. The number of hydrogen-bond acceptors (Lipinski definition) is 9. The molecule has 0 spiro atoms. The monoisotopic (exact) mass is 608 g/mol. The van der Waals surface area contributed by atoms with Crippen molar-refractivity contribution in [3.05, 3.63) is 130 Å². The average molecular weight is 609 g/mol. The fourth-order valence-electron chi connectivity index (χ4n) is 4.91. The molecule has 6 rings (SSSR count). The summed E-state index contributed by atoms with van der Waals surface area (Å²) in [5.41, 5.74) is 1.80. The zero-order valence-corrected chi connectivity index (χ0v) is 25.0. The van der Waals surface area contributed by atoms with Crippen LogP contribution in [0, 0.1) is 0 Å². The molecule has 1 aliphatic rings. The Balaban J connectivity index is 0.000000187. The van der Waals surface area contributed by atoms with Gasteiger partial charge in [-0.1, -0.05) is 30.3 Å². The highest BCUT2D eigenvalue weighted by molar-refractivity contribution is 6.00. The number of hydrogen-bond donors (Lipinski definition) is 2. The van der Waals surface area contributed by atoms with E-state index in [9.17, 15) is 24.6 Å². The summed E-state index contributed by atoms with van der Waals surface area (Å²) in [6.45, 7) is 3.68. The van der Waals surface area contributed by atoms with Crippen LogP contribution in [-0.2, 0) is 17.6 Å². The highest BCUT2D eigenvalue weighted by Gasteiger charge is 2.40. The van der Waals surface area contributed by atoms with E-state index in [1.165, 1.54) is 18.2 Å².